The quantitative estimate of drug-likeness (QED) is 0.344. The molecule has 0 fully saturated rings. The van der Waals surface area contributed by atoms with Crippen molar-refractivity contribution in [3.63, 3.8) is 0 Å². The second kappa shape index (κ2) is 11.7. The van der Waals surface area contributed by atoms with E-state index in [1.165, 1.54) is 41.2 Å². The first-order valence-electron chi connectivity index (χ1n) is 10.5. The highest BCUT2D eigenvalue weighted by Crippen LogP contribution is 2.27. The van der Waals surface area contributed by atoms with Crippen molar-refractivity contribution in [2.75, 3.05) is 27.3 Å². The summed E-state index contributed by atoms with van der Waals surface area (Å²) in [7, 11) is 4.98. The molecule has 11 heteroatoms. The molecule has 34 heavy (non-hydrogen) atoms. The van der Waals surface area contributed by atoms with Gasteiger partial charge in [0.2, 0.25) is 5.91 Å². The number of hydrogen-bond acceptors (Lipinski definition) is 7. The van der Waals surface area contributed by atoms with Gasteiger partial charge in [0.25, 0.3) is 5.56 Å². The smallest absolute Gasteiger partial charge is 0.344 e. The number of halogens is 1. The maximum atomic E-state index is 13.1. The molecule has 0 radical (unpaired) electrons. The van der Waals surface area contributed by atoms with E-state index in [4.69, 9.17) is 4.74 Å². The molecule has 0 saturated heterocycles. The van der Waals surface area contributed by atoms with Gasteiger partial charge in [0.1, 0.15) is 5.82 Å². The molecule has 2 aromatic heterocycles. The van der Waals surface area contributed by atoms with Crippen LogP contribution < -0.4 is 11.2 Å². The van der Waals surface area contributed by atoms with Crippen molar-refractivity contribution in [3.05, 3.63) is 86.2 Å². The SMILES string of the molecule is COCCN(C)C(=O)CC(c1cnc(=O)[nH]c1)c1cn(C)c(SCc2ccc(F)cc2)nc1=O. The zero-order valence-electron chi connectivity index (χ0n) is 19.2. The fourth-order valence-electron chi connectivity index (χ4n) is 3.29. The summed E-state index contributed by atoms with van der Waals surface area (Å²) >= 11 is 1.35. The number of nitrogens with zero attached hydrogens (tertiary/aromatic N) is 4. The number of nitrogens with one attached hydrogen (secondary N) is 1. The first kappa shape index (κ1) is 25.3. The summed E-state index contributed by atoms with van der Waals surface area (Å²) in [6.45, 7) is 0.789. The van der Waals surface area contributed by atoms with E-state index in [-0.39, 0.29) is 18.1 Å². The average molecular weight is 488 g/mol. The average Bonchev–Trinajstić information content (AvgIpc) is 2.83. The van der Waals surface area contributed by atoms with E-state index in [1.807, 2.05) is 0 Å². The Balaban J connectivity index is 1.88. The molecule has 3 rings (SSSR count). The van der Waals surface area contributed by atoms with Crippen molar-refractivity contribution in [2.24, 2.45) is 7.05 Å². The van der Waals surface area contributed by atoms with Gasteiger partial charge in [-0.3, -0.25) is 9.59 Å². The number of aromatic amines is 1. The molecule has 0 aliphatic carbocycles. The molecule has 2 heterocycles. The van der Waals surface area contributed by atoms with E-state index in [0.29, 0.717) is 35.2 Å². The van der Waals surface area contributed by atoms with E-state index < -0.39 is 17.2 Å². The fraction of sp³-hybridized carbons (Fsp3) is 0.348. The molecule has 0 bridgehead atoms. The number of carbonyl (C=O) groups excluding carboxylic acids is 1. The van der Waals surface area contributed by atoms with Crippen LogP contribution >= 0.6 is 11.8 Å². The van der Waals surface area contributed by atoms with Crippen molar-refractivity contribution < 1.29 is 13.9 Å². The third-order valence-electron chi connectivity index (χ3n) is 5.27. The van der Waals surface area contributed by atoms with Crippen LogP contribution in [0.2, 0.25) is 0 Å². The maximum Gasteiger partial charge on any atom is 0.344 e. The number of aryl methyl sites for hydroxylation is 1. The highest BCUT2D eigenvalue weighted by molar-refractivity contribution is 7.98. The van der Waals surface area contributed by atoms with Crippen LogP contribution in [0.5, 0.6) is 0 Å². The predicted molar refractivity (Wildman–Crippen MR) is 126 cm³/mol. The van der Waals surface area contributed by atoms with E-state index >= 15 is 0 Å². The first-order valence-corrected chi connectivity index (χ1v) is 11.5. The monoisotopic (exact) mass is 487 g/mol. The van der Waals surface area contributed by atoms with Crippen molar-refractivity contribution in [2.45, 2.75) is 23.2 Å². The molecule has 0 spiro atoms. The summed E-state index contributed by atoms with van der Waals surface area (Å²) in [6.07, 6.45) is 4.47. The molecule has 1 aromatic carbocycles. The van der Waals surface area contributed by atoms with Gasteiger partial charge in [-0.25, -0.2) is 14.2 Å². The lowest BCUT2D eigenvalue weighted by molar-refractivity contribution is -0.130. The number of methoxy groups -OCH3 is 1. The van der Waals surface area contributed by atoms with E-state index in [2.05, 4.69) is 15.0 Å². The number of ether oxygens (including phenoxy) is 1. The molecule has 180 valence electrons. The van der Waals surface area contributed by atoms with Crippen molar-refractivity contribution >= 4 is 17.7 Å². The largest absolute Gasteiger partial charge is 0.383 e. The van der Waals surface area contributed by atoms with Crippen LogP contribution in [0.25, 0.3) is 0 Å². The highest BCUT2D eigenvalue weighted by Gasteiger charge is 2.25. The molecule has 9 nitrogen and oxygen atoms in total. The van der Waals surface area contributed by atoms with Crippen LogP contribution in [-0.2, 0) is 22.3 Å². The van der Waals surface area contributed by atoms with E-state index in [0.717, 1.165) is 5.56 Å². The van der Waals surface area contributed by atoms with Gasteiger partial charge in [0.15, 0.2) is 5.16 Å². The molecule has 1 amide bonds. The predicted octanol–water partition coefficient (Wildman–Crippen LogP) is 1.92. The number of hydrogen-bond donors (Lipinski definition) is 1. The Morgan fingerprint density at radius 3 is 2.68 bits per heavy atom. The Bertz CT molecular complexity index is 1220. The molecule has 1 N–H and O–H groups in total. The second-order valence-corrected chi connectivity index (χ2v) is 8.67. The number of amides is 1. The molecule has 1 unspecified atom stereocenters. The minimum absolute atomic E-state index is 0.00702. The summed E-state index contributed by atoms with van der Waals surface area (Å²) < 4.78 is 19.9. The fourth-order valence-corrected chi connectivity index (χ4v) is 4.18. The van der Waals surface area contributed by atoms with Gasteiger partial charge in [0.05, 0.1) is 6.61 Å². The summed E-state index contributed by atoms with van der Waals surface area (Å²) in [6, 6.07) is 6.13. The third-order valence-corrected chi connectivity index (χ3v) is 6.38. The van der Waals surface area contributed by atoms with Gasteiger partial charge in [-0.05, 0) is 23.3 Å². The lowest BCUT2D eigenvalue weighted by atomic mass is 9.91. The number of carbonyl (C=O) groups is 1. The van der Waals surface area contributed by atoms with Gasteiger partial charge in [-0.2, -0.15) is 4.98 Å². The molecule has 1 atom stereocenters. The third kappa shape index (κ3) is 6.61. The number of likely N-dealkylation sites (N-methyl/N-ethyl adjacent to an activating group) is 1. The van der Waals surface area contributed by atoms with Gasteiger partial charge in [-0.15, -0.1) is 0 Å². The summed E-state index contributed by atoms with van der Waals surface area (Å²) in [5.41, 5.74) is 0.745. The number of aromatic nitrogens is 4. The van der Waals surface area contributed by atoms with Crippen molar-refractivity contribution in [3.8, 4) is 0 Å². The van der Waals surface area contributed by atoms with Crippen LogP contribution in [0.4, 0.5) is 4.39 Å². The Kier molecular flexibility index (Phi) is 8.72. The lowest BCUT2D eigenvalue weighted by Crippen LogP contribution is -2.32. The second-order valence-electron chi connectivity index (χ2n) is 7.73. The molecule has 3 aromatic rings. The van der Waals surface area contributed by atoms with Crippen LogP contribution in [0.15, 0.2) is 57.6 Å². The maximum absolute atomic E-state index is 13.1. The van der Waals surface area contributed by atoms with Gasteiger partial charge in [-0.1, -0.05) is 23.9 Å². The highest BCUT2D eigenvalue weighted by atomic mass is 32.2. The standard InChI is InChI=1S/C23H26FN5O4S/c1-28(8-9-33-3)20(30)10-18(16-11-25-22(32)26-12-16)19-13-29(2)23(27-21(19)31)34-14-15-4-6-17(24)7-5-15/h4-7,11-13,18H,8-10,14H2,1-3H3,(H,25,26,32). The Hall–Kier alpha value is -3.31. The minimum atomic E-state index is -0.649. The van der Waals surface area contributed by atoms with E-state index in [9.17, 15) is 18.8 Å². The van der Waals surface area contributed by atoms with Crippen LogP contribution in [0, 0.1) is 5.82 Å². The molecule has 0 aliphatic heterocycles. The number of thioether (sulfide) groups is 1. The van der Waals surface area contributed by atoms with Crippen molar-refractivity contribution in [1.29, 1.82) is 0 Å². The number of rotatable bonds is 10. The lowest BCUT2D eigenvalue weighted by Gasteiger charge is -2.22. The topological polar surface area (TPSA) is 110 Å². The molecular formula is C23H26FN5O4S. The Labute approximate surface area is 200 Å². The molecular weight excluding hydrogens is 461 g/mol. The Morgan fingerprint density at radius 2 is 2.03 bits per heavy atom. The van der Waals surface area contributed by atoms with E-state index in [1.54, 1.807) is 44.1 Å². The van der Waals surface area contributed by atoms with Crippen LogP contribution in [-0.4, -0.2) is 57.6 Å². The van der Waals surface area contributed by atoms with Gasteiger partial charge < -0.3 is 19.2 Å². The molecule has 0 saturated carbocycles. The number of benzene rings is 1. The van der Waals surface area contributed by atoms with Crippen LogP contribution in [0.1, 0.15) is 29.0 Å². The van der Waals surface area contributed by atoms with Crippen molar-refractivity contribution in [1.82, 2.24) is 24.4 Å². The minimum Gasteiger partial charge on any atom is -0.383 e. The summed E-state index contributed by atoms with van der Waals surface area (Å²) in [5.74, 6) is -0.640. The zero-order valence-corrected chi connectivity index (χ0v) is 20.0. The Morgan fingerprint density at radius 1 is 1.29 bits per heavy atom. The zero-order chi connectivity index (χ0) is 24.7. The normalized spacial score (nSPS) is 11.9. The van der Waals surface area contributed by atoms with Crippen LogP contribution in [0.3, 0.4) is 0 Å². The first-order chi connectivity index (χ1) is 16.3. The summed E-state index contributed by atoms with van der Waals surface area (Å²) in [4.78, 5) is 49.3. The van der Waals surface area contributed by atoms with Gasteiger partial charge in [0, 0.05) is 70.0 Å². The molecule has 0 aliphatic rings. The summed E-state index contributed by atoms with van der Waals surface area (Å²) in [5, 5.41) is 0.486. The van der Waals surface area contributed by atoms with Gasteiger partial charge >= 0.3 is 5.69 Å². The number of H-pyrrole nitrogens is 1.